The van der Waals surface area contributed by atoms with Crippen molar-refractivity contribution in [1.29, 1.82) is 0 Å². The summed E-state index contributed by atoms with van der Waals surface area (Å²) in [6.45, 7) is 9.95. The Morgan fingerprint density at radius 1 is 1.27 bits per heavy atom. The van der Waals surface area contributed by atoms with Gasteiger partial charge in [0.25, 0.3) is 0 Å². The Morgan fingerprint density at radius 2 is 1.87 bits per heavy atom. The molecular formula is C11H20N2OS. The summed E-state index contributed by atoms with van der Waals surface area (Å²) in [5, 5.41) is 13.9. The first-order valence-electron chi connectivity index (χ1n) is 5.30. The van der Waals surface area contributed by atoms with Crippen molar-refractivity contribution in [2.75, 3.05) is 0 Å². The van der Waals surface area contributed by atoms with Crippen molar-refractivity contribution in [3.05, 3.63) is 15.6 Å². The molecule has 0 saturated carbocycles. The number of hydrogen-bond donors (Lipinski definition) is 2. The number of thiazole rings is 1. The van der Waals surface area contributed by atoms with Gasteiger partial charge in [-0.05, 0) is 34.6 Å². The first kappa shape index (κ1) is 12.6. The molecule has 2 N–H and O–H groups in total. The van der Waals surface area contributed by atoms with Gasteiger partial charge in [-0.1, -0.05) is 0 Å². The number of rotatable bonds is 4. The van der Waals surface area contributed by atoms with E-state index in [0.717, 1.165) is 10.7 Å². The average Bonchev–Trinajstić information content (AvgIpc) is 2.44. The molecule has 1 aromatic heterocycles. The topological polar surface area (TPSA) is 45.2 Å². The Hall–Kier alpha value is -0.450. The number of nitrogens with zero attached hydrogens (tertiary/aromatic N) is 1. The van der Waals surface area contributed by atoms with E-state index < -0.39 is 0 Å². The standard InChI is InChI=1S/C11H20N2OS/c1-6(9(4)14)12-7(2)11-8(3)13-10(5)15-11/h6-7,9,12,14H,1-5H3. The molecule has 0 radical (unpaired) electrons. The van der Waals surface area contributed by atoms with E-state index in [1.165, 1.54) is 4.88 Å². The molecule has 0 aromatic carbocycles. The van der Waals surface area contributed by atoms with Crippen LogP contribution in [-0.2, 0) is 0 Å². The van der Waals surface area contributed by atoms with Crippen LogP contribution in [-0.4, -0.2) is 22.2 Å². The number of aliphatic hydroxyl groups excluding tert-OH is 1. The highest BCUT2D eigenvalue weighted by Gasteiger charge is 2.17. The molecule has 15 heavy (non-hydrogen) atoms. The number of aryl methyl sites for hydroxylation is 2. The molecule has 1 heterocycles. The van der Waals surface area contributed by atoms with E-state index in [-0.39, 0.29) is 18.2 Å². The van der Waals surface area contributed by atoms with Crippen LogP contribution in [0.5, 0.6) is 0 Å². The van der Waals surface area contributed by atoms with Gasteiger partial charge in [-0.2, -0.15) is 0 Å². The zero-order valence-corrected chi connectivity index (χ0v) is 10.9. The van der Waals surface area contributed by atoms with Gasteiger partial charge in [0.15, 0.2) is 0 Å². The Morgan fingerprint density at radius 3 is 2.27 bits per heavy atom. The molecule has 0 aliphatic rings. The van der Waals surface area contributed by atoms with E-state index in [1.54, 1.807) is 18.3 Å². The normalized spacial score (nSPS) is 17.5. The average molecular weight is 228 g/mol. The summed E-state index contributed by atoms with van der Waals surface area (Å²) in [6.07, 6.45) is -0.332. The molecule has 0 fully saturated rings. The summed E-state index contributed by atoms with van der Waals surface area (Å²) in [4.78, 5) is 5.66. The van der Waals surface area contributed by atoms with E-state index in [4.69, 9.17) is 0 Å². The van der Waals surface area contributed by atoms with Gasteiger partial charge in [0.05, 0.1) is 16.8 Å². The molecule has 0 aliphatic heterocycles. The SMILES string of the molecule is Cc1nc(C)c(C(C)NC(C)C(C)O)s1. The molecule has 3 unspecified atom stereocenters. The van der Waals surface area contributed by atoms with Gasteiger partial charge in [0, 0.05) is 17.0 Å². The fraction of sp³-hybridized carbons (Fsp3) is 0.727. The maximum absolute atomic E-state index is 9.42. The Bertz CT molecular complexity index is 322. The van der Waals surface area contributed by atoms with Crippen molar-refractivity contribution in [2.24, 2.45) is 0 Å². The molecule has 0 saturated heterocycles. The van der Waals surface area contributed by atoms with Gasteiger partial charge in [-0.3, -0.25) is 0 Å². The first-order chi connectivity index (χ1) is 6.91. The molecule has 1 aromatic rings. The smallest absolute Gasteiger partial charge is 0.0900 e. The van der Waals surface area contributed by atoms with Crippen molar-refractivity contribution in [2.45, 2.75) is 52.8 Å². The lowest BCUT2D eigenvalue weighted by Crippen LogP contribution is -2.37. The van der Waals surface area contributed by atoms with Crippen LogP contribution in [0.1, 0.15) is 42.4 Å². The molecule has 0 amide bonds. The number of hydrogen-bond acceptors (Lipinski definition) is 4. The number of nitrogens with one attached hydrogen (secondary N) is 1. The lowest BCUT2D eigenvalue weighted by Gasteiger charge is -2.21. The van der Waals surface area contributed by atoms with E-state index in [2.05, 4.69) is 17.2 Å². The predicted molar refractivity (Wildman–Crippen MR) is 64.3 cm³/mol. The van der Waals surface area contributed by atoms with Crippen molar-refractivity contribution >= 4 is 11.3 Å². The van der Waals surface area contributed by atoms with Crippen LogP contribution in [0.25, 0.3) is 0 Å². The molecule has 0 bridgehead atoms. The lowest BCUT2D eigenvalue weighted by atomic mass is 10.1. The van der Waals surface area contributed by atoms with Gasteiger partial charge in [0.2, 0.25) is 0 Å². The summed E-state index contributed by atoms with van der Waals surface area (Å²) in [5.41, 5.74) is 1.09. The predicted octanol–water partition coefficient (Wildman–Crippen LogP) is 2.18. The minimum Gasteiger partial charge on any atom is -0.392 e. The second-order valence-electron chi connectivity index (χ2n) is 4.10. The third-order valence-corrected chi connectivity index (χ3v) is 3.82. The fourth-order valence-electron chi connectivity index (χ4n) is 1.56. The Kier molecular flexibility index (Phi) is 4.25. The van der Waals surface area contributed by atoms with E-state index >= 15 is 0 Å². The Balaban J connectivity index is 2.68. The van der Waals surface area contributed by atoms with Gasteiger partial charge in [-0.15, -0.1) is 11.3 Å². The molecule has 3 nitrogen and oxygen atoms in total. The summed E-state index contributed by atoms with van der Waals surface area (Å²) < 4.78 is 0. The maximum atomic E-state index is 9.42. The summed E-state index contributed by atoms with van der Waals surface area (Å²) in [5.74, 6) is 0. The van der Waals surface area contributed by atoms with Crippen molar-refractivity contribution in [3.63, 3.8) is 0 Å². The molecule has 4 heteroatoms. The van der Waals surface area contributed by atoms with Crippen molar-refractivity contribution < 1.29 is 5.11 Å². The zero-order chi connectivity index (χ0) is 11.6. The minimum atomic E-state index is -0.332. The maximum Gasteiger partial charge on any atom is 0.0900 e. The molecule has 0 aliphatic carbocycles. The quantitative estimate of drug-likeness (QED) is 0.830. The van der Waals surface area contributed by atoms with Gasteiger partial charge >= 0.3 is 0 Å². The van der Waals surface area contributed by atoms with E-state index in [0.29, 0.717) is 0 Å². The van der Waals surface area contributed by atoms with Crippen LogP contribution < -0.4 is 5.32 Å². The fourth-order valence-corrected chi connectivity index (χ4v) is 2.50. The van der Waals surface area contributed by atoms with Crippen LogP contribution in [0.2, 0.25) is 0 Å². The highest BCUT2D eigenvalue weighted by Crippen LogP contribution is 2.24. The van der Waals surface area contributed by atoms with Gasteiger partial charge < -0.3 is 10.4 Å². The zero-order valence-electron chi connectivity index (χ0n) is 10.0. The summed E-state index contributed by atoms with van der Waals surface area (Å²) in [6, 6.07) is 0.350. The lowest BCUT2D eigenvalue weighted by molar-refractivity contribution is 0.147. The summed E-state index contributed by atoms with van der Waals surface area (Å²) in [7, 11) is 0. The number of aromatic nitrogens is 1. The van der Waals surface area contributed by atoms with Crippen LogP contribution in [0, 0.1) is 13.8 Å². The first-order valence-corrected chi connectivity index (χ1v) is 6.11. The van der Waals surface area contributed by atoms with Gasteiger partial charge in [-0.25, -0.2) is 4.98 Å². The molecule has 1 rings (SSSR count). The number of aliphatic hydroxyl groups is 1. The van der Waals surface area contributed by atoms with Crippen molar-refractivity contribution in [3.8, 4) is 0 Å². The second-order valence-corrected chi connectivity index (χ2v) is 5.33. The van der Waals surface area contributed by atoms with Gasteiger partial charge in [0.1, 0.15) is 0 Å². The monoisotopic (exact) mass is 228 g/mol. The van der Waals surface area contributed by atoms with Crippen LogP contribution in [0.4, 0.5) is 0 Å². The minimum absolute atomic E-state index is 0.0989. The largest absolute Gasteiger partial charge is 0.392 e. The van der Waals surface area contributed by atoms with E-state index in [1.807, 2.05) is 20.8 Å². The highest BCUT2D eigenvalue weighted by atomic mass is 32.1. The van der Waals surface area contributed by atoms with Crippen LogP contribution >= 0.6 is 11.3 Å². The van der Waals surface area contributed by atoms with Crippen LogP contribution in [0.3, 0.4) is 0 Å². The molecule has 86 valence electrons. The third-order valence-electron chi connectivity index (χ3n) is 2.57. The van der Waals surface area contributed by atoms with Crippen LogP contribution in [0.15, 0.2) is 0 Å². The third kappa shape index (κ3) is 3.26. The second kappa shape index (κ2) is 5.05. The highest BCUT2D eigenvalue weighted by molar-refractivity contribution is 7.11. The molecule has 0 spiro atoms. The molecular weight excluding hydrogens is 208 g/mol. The molecule has 3 atom stereocenters. The van der Waals surface area contributed by atoms with Crippen molar-refractivity contribution in [1.82, 2.24) is 10.3 Å². The Labute approximate surface area is 95.6 Å². The summed E-state index contributed by atoms with van der Waals surface area (Å²) >= 11 is 1.72. The van der Waals surface area contributed by atoms with E-state index in [9.17, 15) is 5.11 Å².